The number of morpholine rings is 1. The van der Waals surface area contributed by atoms with E-state index in [9.17, 15) is 21.6 Å². The van der Waals surface area contributed by atoms with Crippen molar-refractivity contribution in [2.45, 2.75) is 42.5 Å². The Morgan fingerprint density at radius 1 is 1.23 bits per heavy atom. The molecule has 0 saturated carbocycles. The van der Waals surface area contributed by atoms with Crippen molar-refractivity contribution in [2.75, 3.05) is 26.3 Å². The number of nitrogens with zero attached hydrogens (tertiary/aromatic N) is 1. The monoisotopic (exact) mass is 413 g/mol. The summed E-state index contributed by atoms with van der Waals surface area (Å²) in [7, 11) is -4.16. The van der Waals surface area contributed by atoms with E-state index in [4.69, 9.17) is 21.1 Å². The Morgan fingerprint density at radius 3 is 2.50 bits per heavy atom. The molecule has 0 aromatic heterocycles. The van der Waals surface area contributed by atoms with Gasteiger partial charge in [-0.05, 0) is 32.0 Å². The van der Waals surface area contributed by atoms with Gasteiger partial charge in [0, 0.05) is 26.1 Å². The molecule has 2 aliphatic heterocycles. The first-order chi connectivity index (χ1) is 11.8. The van der Waals surface area contributed by atoms with Gasteiger partial charge in [-0.2, -0.15) is 17.5 Å². The molecule has 0 aliphatic carbocycles. The normalized spacial score (nSPS) is 27.2. The second kappa shape index (κ2) is 6.34. The van der Waals surface area contributed by atoms with Gasteiger partial charge in [-0.1, -0.05) is 11.6 Å². The summed E-state index contributed by atoms with van der Waals surface area (Å²) in [6.45, 7) is 4.25. The van der Waals surface area contributed by atoms with Crippen molar-refractivity contribution < 1.29 is 31.1 Å². The Bertz CT molecular complexity index is 804. The van der Waals surface area contributed by atoms with E-state index in [1.165, 1.54) is 4.31 Å². The van der Waals surface area contributed by atoms with E-state index in [0.29, 0.717) is 19.1 Å². The quantitative estimate of drug-likeness (QED) is 0.746. The van der Waals surface area contributed by atoms with E-state index in [2.05, 4.69) is 0 Å². The van der Waals surface area contributed by atoms with E-state index in [1.807, 2.05) is 0 Å². The summed E-state index contributed by atoms with van der Waals surface area (Å²) in [6.07, 6.45) is -4.22. The number of ether oxygens (including phenoxy) is 2. The summed E-state index contributed by atoms with van der Waals surface area (Å²) < 4.78 is 77.9. The summed E-state index contributed by atoms with van der Waals surface area (Å²) in [5, 5.41) is -0.542. The van der Waals surface area contributed by atoms with Crippen molar-refractivity contribution in [3.05, 3.63) is 28.8 Å². The van der Waals surface area contributed by atoms with Crippen molar-refractivity contribution in [1.29, 1.82) is 0 Å². The van der Waals surface area contributed by atoms with Crippen molar-refractivity contribution in [3.63, 3.8) is 0 Å². The number of rotatable bonds is 2. The van der Waals surface area contributed by atoms with Gasteiger partial charge in [-0.15, -0.1) is 0 Å². The molecule has 3 rings (SSSR count). The largest absolute Gasteiger partial charge is 0.417 e. The minimum absolute atomic E-state index is 0.0288. The lowest BCUT2D eigenvalue weighted by Crippen LogP contribution is -2.61. The van der Waals surface area contributed by atoms with Crippen LogP contribution < -0.4 is 0 Å². The Morgan fingerprint density at radius 2 is 1.92 bits per heavy atom. The molecule has 2 heterocycles. The smallest absolute Gasteiger partial charge is 0.378 e. The van der Waals surface area contributed by atoms with Crippen molar-refractivity contribution in [2.24, 2.45) is 0 Å². The van der Waals surface area contributed by atoms with E-state index in [0.717, 1.165) is 12.1 Å². The lowest BCUT2D eigenvalue weighted by molar-refractivity contribution is -0.180. The molecule has 0 amide bonds. The zero-order valence-electron chi connectivity index (χ0n) is 14.3. The number of sulfonamides is 1. The van der Waals surface area contributed by atoms with E-state index < -0.39 is 42.9 Å². The standard InChI is InChI=1S/C16H19ClF3NO4S/c1-14(2)8-21(9-15(25-14)5-6-24-10-15)26(22,23)11-3-4-13(17)12(7-11)16(18,19)20/h3-4,7H,5-6,8-10H2,1-2H3. The number of hydrogen-bond donors (Lipinski definition) is 0. The fourth-order valence-corrected chi connectivity index (χ4v) is 5.36. The summed E-state index contributed by atoms with van der Waals surface area (Å²) in [6, 6.07) is 2.63. The molecule has 26 heavy (non-hydrogen) atoms. The van der Waals surface area contributed by atoms with Crippen LogP contribution in [0.4, 0.5) is 13.2 Å². The van der Waals surface area contributed by atoms with Gasteiger partial charge in [0.2, 0.25) is 10.0 Å². The maximum atomic E-state index is 13.1. The first kappa shape index (κ1) is 19.9. The average molecular weight is 414 g/mol. The predicted molar refractivity (Wildman–Crippen MR) is 88.5 cm³/mol. The summed E-state index contributed by atoms with van der Waals surface area (Å²) in [5.41, 5.74) is -2.75. The fourth-order valence-electron chi connectivity index (χ4n) is 3.45. The van der Waals surface area contributed by atoms with E-state index in [1.54, 1.807) is 13.8 Å². The highest BCUT2D eigenvalue weighted by molar-refractivity contribution is 7.89. The highest BCUT2D eigenvalue weighted by atomic mass is 35.5. The molecule has 1 unspecified atom stereocenters. The minimum atomic E-state index is -4.74. The molecular formula is C16H19ClF3NO4S. The number of halogens is 4. The SMILES string of the molecule is CC1(C)CN(S(=O)(=O)c2ccc(Cl)c(C(F)(F)F)c2)CC2(CCOC2)O1. The average Bonchev–Trinajstić information content (AvgIpc) is 2.91. The third kappa shape index (κ3) is 3.73. The highest BCUT2D eigenvalue weighted by Crippen LogP contribution is 2.39. The second-order valence-corrected chi connectivity index (χ2v) is 9.60. The second-order valence-electron chi connectivity index (χ2n) is 7.26. The molecule has 0 N–H and O–H groups in total. The van der Waals surface area contributed by atoms with Crippen molar-refractivity contribution >= 4 is 21.6 Å². The first-order valence-corrected chi connectivity index (χ1v) is 9.81. The van der Waals surface area contributed by atoms with E-state index in [-0.39, 0.29) is 19.7 Å². The molecule has 1 spiro atoms. The van der Waals surface area contributed by atoms with Crippen LogP contribution in [-0.2, 0) is 25.7 Å². The van der Waals surface area contributed by atoms with Crippen LogP contribution >= 0.6 is 11.6 Å². The highest BCUT2D eigenvalue weighted by Gasteiger charge is 2.50. The van der Waals surface area contributed by atoms with Crippen LogP contribution in [0.1, 0.15) is 25.8 Å². The Labute approximate surface area is 155 Å². The number of hydrogen-bond acceptors (Lipinski definition) is 4. The van der Waals surface area contributed by atoms with Crippen LogP contribution in [0.3, 0.4) is 0 Å². The molecule has 2 saturated heterocycles. The molecule has 146 valence electrons. The zero-order valence-corrected chi connectivity index (χ0v) is 15.8. The Balaban J connectivity index is 2.00. The summed E-state index contributed by atoms with van der Waals surface area (Å²) >= 11 is 5.60. The van der Waals surface area contributed by atoms with Crippen LogP contribution in [0.2, 0.25) is 5.02 Å². The molecule has 1 aromatic carbocycles. The molecule has 1 aromatic rings. The molecule has 0 radical (unpaired) electrons. The third-order valence-corrected chi connectivity index (χ3v) is 6.58. The number of benzene rings is 1. The van der Waals surface area contributed by atoms with Gasteiger partial charge in [0.15, 0.2) is 0 Å². The fraction of sp³-hybridized carbons (Fsp3) is 0.625. The maximum absolute atomic E-state index is 13.1. The van der Waals surface area contributed by atoms with Gasteiger partial charge in [0.05, 0.1) is 27.7 Å². The van der Waals surface area contributed by atoms with Gasteiger partial charge in [0.1, 0.15) is 5.60 Å². The van der Waals surface area contributed by atoms with Crippen molar-refractivity contribution in [1.82, 2.24) is 4.31 Å². The number of alkyl halides is 3. The summed E-state index contributed by atoms with van der Waals surface area (Å²) in [4.78, 5) is -0.444. The Kier molecular flexibility index (Phi) is 4.85. The minimum Gasteiger partial charge on any atom is -0.378 e. The molecule has 2 fully saturated rings. The molecule has 0 bridgehead atoms. The third-order valence-electron chi connectivity index (χ3n) is 4.46. The van der Waals surface area contributed by atoms with Crippen molar-refractivity contribution in [3.8, 4) is 0 Å². The van der Waals surface area contributed by atoms with E-state index >= 15 is 0 Å². The van der Waals surface area contributed by atoms with Crippen LogP contribution in [0.15, 0.2) is 23.1 Å². The topological polar surface area (TPSA) is 55.8 Å². The van der Waals surface area contributed by atoms with Gasteiger partial charge in [0.25, 0.3) is 0 Å². The molecule has 1 atom stereocenters. The van der Waals surface area contributed by atoms with Gasteiger partial charge in [-0.25, -0.2) is 8.42 Å². The van der Waals surface area contributed by atoms with Gasteiger partial charge < -0.3 is 9.47 Å². The lowest BCUT2D eigenvalue weighted by atomic mass is 9.97. The predicted octanol–water partition coefficient (Wildman–Crippen LogP) is 3.32. The zero-order chi connectivity index (χ0) is 19.4. The lowest BCUT2D eigenvalue weighted by Gasteiger charge is -2.47. The molecule has 10 heteroatoms. The molecule has 5 nitrogen and oxygen atoms in total. The van der Waals surface area contributed by atoms with Gasteiger partial charge in [-0.3, -0.25) is 0 Å². The van der Waals surface area contributed by atoms with Crippen LogP contribution in [0.5, 0.6) is 0 Å². The Hall–Kier alpha value is -0.870. The van der Waals surface area contributed by atoms with Crippen LogP contribution in [-0.4, -0.2) is 50.2 Å². The molecular weight excluding hydrogens is 395 g/mol. The van der Waals surface area contributed by atoms with Gasteiger partial charge >= 0.3 is 6.18 Å². The summed E-state index contributed by atoms with van der Waals surface area (Å²) in [5.74, 6) is 0. The van der Waals surface area contributed by atoms with Crippen LogP contribution in [0.25, 0.3) is 0 Å². The molecule has 2 aliphatic rings. The maximum Gasteiger partial charge on any atom is 0.417 e. The van der Waals surface area contributed by atoms with Crippen LogP contribution in [0, 0.1) is 0 Å². The first-order valence-electron chi connectivity index (χ1n) is 8.00.